The summed E-state index contributed by atoms with van der Waals surface area (Å²) >= 11 is 0. The molecule has 1 amide bonds. The van der Waals surface area contributed by atoms with Gasteiger partial charge in [-0.3, -0.25) is 4.79 Å². The first-order valence-corrected chi connectivity index (χ1v) is 6.15. The number of hydrogen-bond acceptors (Lipinski definition) is 4. The Bertz CT molecular complexity index is 306. The molecule has 2 aliphatic rings. The van der Waals surface area contributed by atoms with Gasteiger partial charge in [0.1, 0.15) is 6.04 Å². The van der Waals surface area contributed by atoms with Gasteiger partial charge in [-0.25, -0.2) is 0 Å². The fraction of sp³-hybridized carbons (Fsp3) is 0.917. The van der Waals surface area contributed by atoms with E-state index in [9.17, 15) is 4.79 Å². The van der Waals surface area contributed by atoms with Crippen molar-refractivity contribution in [2.75, 3.05) is 20.3 Å². The van der Waals surface area contributed by atoms with E-state index in [1.165, 1.54) is 0 Å². The van der Waals surface area contributed by atoms with Crippen LogP contribution in [0.4, 0.5) is 0 Å². The average molecular weight is 242 g/mol. The highest BCUT2D eigenvalue weighted by atomic mass is 16.5. The summed E-state index contributed by atoms with van der Waals surface area (Å²) in [5.74, 6) is 0.318. The largest absolute Gasteiger partial charge is 0.383 e. The Morgan fingerprint density at radius 2 is 2.35 bits per heavy atom. The number of fused-ring (bicyclic) bond motifs is 1. The van der Waals surface area contributed by atoms with Crippen LogP contribution in [0.25, 0.3) is 0 Å². The van der Waals surface area contributed by atoms with Crippen molar-refractivity contribution in [3.8, 4) is 0 Å². The van der Waals surface area contributed by atoms with Crippen molar-refractivity contribution in [2.45, 2.75) is 38.5 Å². The quantitative estimate of drug-likeness (QED) is 0.721. The van der Waals surface area contributed by atoms with E-state index in [4.69, 9.17) is 15.2 Å². The summed E-state index contributed by atoms with van der Waals surface area (Å²) in [6, 6.07) is -0.414. The molecule has 1 saturated carbocycles. The molecular weight excluding hydrogens is 220 g/mol. The van der Waals surface area contributed by atoms with Crippen LogP contribution in [-0.2, 0) is 14.3 Å². The zero-order valence-corrected chi connectivity index (χ0v) is 10.7. The first-order chi connectivity index (χ1) is 7.98. The monoisotopic (exact) mass is 242 g/mol. The highest BCUT2D eigenvalue weighted by molar-refractivity contribution is 5.82. The first-order valence-electron chi connectivity index (χ1n) is 6.15. The standard InChI is InChI=1S/C12H22N2O3/c1-12(2)9(7-4-5-17-10(7)12)14-11(15)8(13)6-16-3/h7-10H,4-6,13H2,1-3H3,(H,14,15). The van der Waals surface area contributed by atoms with E-state index in [1.807, 2.05) is 0 Å². The molecule has 2 rings (SSSR count). The molecule has 17 heavy (non-hydrogen) atoms. The molecule has 4 atom stereocenters. The van der Waals surface area contributed by atoms with Crippen LogP contribution in [0.2, 0.25) is 0 Å². The third-order valence-electron chi connectivity index (χ3n) is 4.08. The third-order valence-corrected chi connectivity index (χ3v) is 4.08. The Labute approximate surface area is 102 Å². The molecule has 1 saturated heterocycles. The summed E-state index contributed by atoms with van der Waals surface area (Å²) < 4.78 is 10.6. The fourth-order valence-corrected chi connectivity index (χ4v) is 3.13. The maximum absolute atomic E-state index is 11.9. The predicted molar refractivity (Wildman–Crippen MR) is 63.4 cm³/mol. The second kappa shape index (κ2) is 4.55. The summed E-state index contributed by atoms with van der Waals surface area (Å²) in [5, 5.41) is 3.04. The topological polar surface area (TPSA) is 73.6 Å². The van der Waals surface area contributed by atoms with Gasteiger partial charge in [-0.15, -0.1) is 0 Å². The Morgan fingerprint density at radius 1 is 1.65 bits per heavy atom. The van der Waals surface area contributed by atoms with E-state index in [-0.39, 0.29) is 30.1 Å². The van der Waals surface area contributed by atoms with Crippen LogP contribution < -0.4 is 11.1 Å². The molecule has 98 valence electrons. The van der Waals surface area contributed by atoms with E-state index < -0.39 is 6.04 Å². The van der Waals surface area contributed by atoms with Crippen molar-refractivity contribution in [1.29, 1.82) is 0 Å². The number of carbonyl (C=O) groups is 1. The number of rotatable bonds is 4. The van der Waals surface area contributed by atoms with Crippen molar-refractivity contribution in [2.24, 2.45) is 17.1 Å². The minimum Gasteiger partial charge on any atom is -0.383 e. The van der Waals surface area contributed by atoms with E-state index in [1.54, 1.807) is 7.11 Å². The van der Waals surface area contributed by atoms with E-state index in [2.05, 4.69) is 19.2 Å². The van der Waals surface area contributed by atoms with Crippen LogP contribution in [0.5, 0.6) is 0 Å². The van der Waals surface area contributed by atoms with Crippen LogP contribution in [0.15, 0.2) is 0 Å². The van der Waals surface area contributed by atoms with Gasteiger partial charge in [0, 0.05) is 31.1 Å². The number of hydrogen-bond donors (Lipinski definition) is 2. The second-order valence-corrected chi connectivity index (χ2v) is 5.61. The van der Waals surface area contributed by atoms with Crippen molar-refractivity contribution in [1.82, 2.24) is 5.32 Å². The van der Waals surface area contributed by atoms with Crippen LogP contribution >= 0.6 is 0 Å². The molecule has 3 N–H and O–H groups in total. The molecule has 1 aliphatic carbocycles. The lowest BCUT2D eigenvalue weighted by Gasteiger charge is -2.54. The number of methoxy groups -OCH3 is 1. The van der Waals surface area contributed by atoms with Gasteiger partial charge in [-0.05, 0) is 6.42 Å². The smallest absolute Gasteiger partial charge is 0.239 e. The third kappa shape index (κ3) is 2.07. The maximum atomic E-state index is 11.9. The molecule has 5 heteroatoms. The highest BCUT2D eigenvalue weighted by Crippen LogP contribution is 2.52. The van der Waals surface area contributed by atoms with Crippen LogP contribution in [0.1, 0.15) is 20.3 Å². The molecular formula is C12H22N2O3. The van der Waals surface area contributed by atoms with Gasteiger partial charge >= 0.3 is 0 Å². The molecule has 2 fully saturated rings. The number of carbonyl (C=O) groups excluding carboxylic acids is 1. The minimum absolute atomic E-state index is 0.00359. The zero-order chi connectivity index (χ0) is 12.6. The lowest BCUT2D eigenvalue weighted by atomic mass is 9.57. The van der Waals surface area contributed by atoms with Gasteiger partial charge in [-0.1, -0.05) is 13.8 Å². The van der Waals surface area contributed by atoms with Crippen molar-refractivity contribution < 1.29 is 14.3 Å². The molecule has 0 radical (unpaired) electrons. The molecule has 0 spiro atoms. The van der Waals surface area contributed by atoms with E-state index in [0.29, 0.717) is 5.92 Å². The SMILES string of the molecule is COCC(N)C(=O)NC1C2CCOC2C1(C)C. The van der Waals surface area contributed by atoms with E-state index >= 15 is 0 Å². The fourth-order valence-electron chi connectivity index (χ4n) is 3.13. The van der Waals surface area contributed by atoms with Crippen LogP contribution in [-0.4, -0.2) is 44.4 Å². The van der Waals surface area contributed by atoms with Gasteiger partial charge in [0.15, 0.2) is 0 Å². The number of amides is 1. The summed E-state index contributed by atoms with van der Waals surface area (Å²) in [6.07, 6.45) is 1.31. The molecule has 0 aromatic heterocycles. The molecule has 4 unspecified atom stereocenters. The maximum Gasteiger partial charge on any atom is 0.239 e. The van der Waals surface area contributed by atoms with Gasteiger partial charge in [0.25, 0.3) is 0 Å². The van der Waals surface area contributed by atoms with E-state index in [0.717, 1.165) is 13.0 Å². The summed E-state index contributed by atoms with van der Waals surface area (Å²) in [5.41, 5.74) is 5.72. The zero-order valence-electron chi connectivity index (χ0n) is 10.7. The molecule has 0 aromatic rings. The Kier molecular flexibility index (Phi) is 3.43. The van der Waals surface area contributed by atoms with Crippen molar-refractivity contribution >= 4 is 5.91 Å². The van der Waals surface area contributed by atoms with Crippen molar-refractivity contribution in [3.63, 3.8) is 0 Å². The molecule has 0 aromatic carbocycles. The van der Waals surface area contributed by atoms with Crippen molar-refractivity contribution in [3.05, 3.63) is 0 Å². The van der Waals surface area contributed by atoms with Gasteiger partial charge in [-0.2, -0.15) is 0 Å². The Morgan fingerprint density at radius 3 is 3.00 bits per heavy atom. The molecule has 1 heterocycles. The highest BCUT2D eigenvalue weighted by Gasteiger charge is 2.59. The number of nitrogens with one attached hydrogen (secondary N) is 1. The molecule has 5 nitrogen and oxygen atoms in total. The normalized spacial score (nSPS) is 35.9. The Hall–Kier alpha value is -0.650. The van der Waals surface area contributed by atoms with Gasteiger partial charge < -0.3 is 20.5 Å². The van der Waals surface area contributed by atoms with Gasteiger partial charge in [0.2, 0.25) is 5.91 Å². The second-order valence-electron chi connectivity index (χ2n) is 5.61. The predicted octanol–water partition coefficient (Wildman–Crippen LogP) is -0.110. The van der Waals surface area contributed by atoms with Gasteiger partial charge in [0.05, 0.1) is 12.7 Å². The van der Waals surface area contributed by atoms with Crippen LogP contribution in [0, 0.1) is 11.3 Å². The first kappa shape index (κ1) is 12.8. The van der Waals surface area contributed by atoms with Crippen LogP contribution in [0.3, 0.4) is 0 Å². The Balaban J connectivity index is 1.93. The summed E-state index contributed by atoms with van der Waals surface area (Å²) in [6.45, 7) is 5.32. The molecule has 1 aliphatic heterocycles. The summed E-state index contributed by atoms with van der Waals surface area (Å²) in [7, 11) is 1.54. The lowest BCUT2D eigenvalue weighted by molar-refractivity contribution is -0.139. The minimum atomic E-state index is -0.586. The average Bonchev–Trinajstić information content (AvgIpc) is 2.72. The number of ether oxygens (including phenoxy) is 2. The number of nitrogens with two attached hydrogens (primary N) is 1. The molecule has 0 bridgehead atoms. The lowest BCUT2D eigenvalue weighted by Crippen LogP contribution is -2.68. The summed E-state index contributed by atoms with van der Waals surface area (Å²) in [4.78, 5) is 11.9.